The van der Waals surface area contributed by atoms with Crippen molar-refractivity contribution < 1.29 is 9.53 Å². The van der Waals surface area contributed by atoms with Crippen molar-refractivity contribution in [2.24, 2.45) is 0 Å². The summed E-state index contributed by atoms with van der Waals surface area (Å²) in [5.74, 6) is 0.570. The number of carbonyl (C=O) groups is 1. The number of carbonyl (C=O) groups excluding carboxylic acids is 1. The molecule has 0 spiro atoms. The van der Waals surface area contributed by atoms with Gasteiger partial charge in [-0.1, -0.05) is 48.0 Å². The van der Waals surface area contributed by atoms with Crippen molar-refractivity contribution >= 4 is 22.6 Å². The van der Waals surface area contributed by atoms with E-state index in [2.05, 4.69) is 16.4 Å². The number of amides is 2. The molecule has 34 heavy (non-hydrogen) atoms. The minimum atomic E-state index is -0.315. The fourth-order valence-corrected chi connectivity index (χ4v) is 4.09. The van der Waals surface area contributed by atoms with E-state index < -0.39 is 0 Å². The number of benzene rings is 3. The summed E-state index contributed by atoms with van der Waals surface area (Å²) in [5, 5.41) is 3.91. The van der Waals surface area contributed by atoms with Gasteiger partial charge >= 0.3 is 6.03 Å². The molecule has 1 aromatic heterocycles. The van der Waals surface area contributed by atoms with Crippen LogP contribution in [0.15, 0.2) is 71.5 Å². The highest BCUT2D eigenvalue weighted by atomic mass is 16.5. The quantitative estimate of drug-likeness (QED) is 0.392. The summed E-state index contributed by atoms with van der Waals surface area (Å²) in [6.07, 6.45) is 0. The van der Waals surface area contributed by atoms with Crippen molar-refractivity contribution in [1.82, 2.24) is 9.88 Å². The maximum atomic E-state index is 13.4. The molecular weight excluding hydrogens is 426 g/mol. The van der Waals surface area contributed by atoms with Gasteiger partial charge in [-0.15, -0.1) is 0 Å². The van der Waals surface area contributed by atoms with Crippen LogP contribution in [0.5, 0.6) is 5.75 Å². The standard InChI is InChI=1S/C28H29N3O3/c1-18-9-11-21(12-10-18)16-31(28(33)30-24-7-5-6-8-26(24)34-4)17-22-15-23-20(3)13-19(2)14-25(23)29-27(22)32/h5-15H,16-17H2,1-4H3,(H,29,32)(H,30,33). The molecule has 4 aromatic rings. The van der Waals surface area contributed by atoms with Crippen molar-refractivity contribution in [3.8, 4) is 5.75 Å². The van der Waals surface area contributed by atoms with E-state index in [0.29, 0.717) is 23.5 Å². The Balaban J connectivity index is 1.69. The molecule has 6 heteroatoms. The molecule has 0 saturated heterocycles. The Morgan fingerprint density at radius 1 is 0.941 bits per heavy atom. The lowest BCUT2D eigenvalue weighted by Gasteiger charge is -2.24. The number of urea groups is 1. The molecule has 0 radical (unpaired) electrons. The third-order valence-electron chi connectivity index (χ3n) is 5.88. The van der Waals surface area contributed by atoms with Gasteiger partial charge in [-0.05, 0) is 61.7 Å². The molecule has 0 aliphatic heterocycles. The molecule has 174 valence electrons. The van der Waals surface area contributed by atoms with E-state index in [9.17, 15) is 9.59 Å². The number of aromatic nitrogens is 1. The first-order chi connectivity index (χ1) is 16.3. The molecular formula is C28H29N3O3. The Hall–Kier alpha value is -4.06. The van der Waals surface area contributed by atoms with Crippen LogP contribution in [-0.2, 0) is 13.1 Å². The van der Waals surface area contributed by atoms with E-state index in [0.717, 1.165) is 33.2 Å². The van der Waals surface area contributed by atoms with Crippen LogP contribution in [0, 0.1) is 20.8 Å². The van der Waals surface area contributed by atoms with Gasteiger partial charge in [0, 0.05) is 23.0 Å². The summed E-state index contributed by atoms with van der Waals surface area (Å²) in [6, 6.07) is 20.9. The first kappa shape index (κ1) is 23.1. The lowest BCUT2D eigenvalue weighted by atomic mass is 10.0. The number of pyridine rings is 1. The third kappa shape index (κ3) is 5.12. The fourth-order valence-electron chi connectivity index (χ4n) is 4.09. The maximum absolute atomic E-state index is 13.4. The van der Waals surface area contributed by atoms with E-state index in [1.807, 2.05) is 69.3 Å². The molecule has 0 unspecified atom stereocenters. The zero-order valence-corrected chi connectivity index (χ0v) is 19.9. The van der Waals surface area contributed by atoms with Gasteiger partial charge < -0.3 is 19.9 Å². The number of hydrogen-bond acceptors (Lipinski definition) is 3. The monoisotopic (exact) mass is 455 g/mol. The molecule has 6 nitrogen and oxygen atoms in total. The average molecular weight is 456 g/mol. The van der Waals surface area contributed by atoms with Crippen molar-refractivity contribution in [3.05, 3.63) is 105 Å². The van der Waals surface area contributed by atoms with E-state index >= 15 is 0 Å². The molecule has 4 rings (SSSR count). The summed E-state index contributed by atoms with van der Waals surface area (Å²) < 4.78 is 5.38. The Morgan fingerprint density at radius 2 is 1.68 bits per heavy atom. The molecule has 0 aliphatic carbocycles. The van der Waals surface area contributed by atoms with E-state index in [4.69, 9.17) is 4.74 Å². The second-order valence-electron chi connectivity index (χ2n) is 8.64. The lowest BCUT2D eigenvalue weighted by Crippen LogP contribution is -2.35. The van der Waals surface area contributed by atoms with Gasteiger partial charge in [0.2, 0.25) is 0 Å². The molecule has 3 aromatic carbocycles. The highest BCUT2D eigenvalue weighted by Gasteiger charge is 2.19. The van der Waals surface area contributed by atoms with Crippen LogP contribution in [-0.4, -0.2) is 23.0 Å². The highest BCUT2D eigenvalue weighted by molar-refractivity contribution is 5.91. The molecule has 2 N–H and O–H groups in total. The SMILES string of the molecule is COc1ccccc1NC(=O)N(Cc1ccc(C)cc1)Cc1cc2c(C)cc(C)cc2[nH]c1=O. The number of para-hydroxylation sites is 2. The summed E-state index contributed by atoms with van der Waals surface area (Å²) in [6.45, 7) is 6.56. The summed E-state index contributed by atoms with van der Waals surface area (Å²) in [5.41, 5.74) is 5.99. The number of anilines is 1. The number of hydrogen-bond donors (Lipinski definition) is 2. The van der Waals surface area contributed by atoms with Crippen molar-refractivity contribution in [1.29, 1.82) is 0 Å². The molecule has 0 fully saturated rings. The zero-order chi connectivity index (χ0) is 24.2. The number of nitrogens with zero attached hydrogens (tertiary/aromatic N) is 1. The maximum Gasteiger partial charge on any atom is 0.322 e. The normalized spacial score (nSPS) is 10.8. The largest absolute Gasteiger partial charge is 0.495 e. The van der Waals surface area contributed by atoms with Crippen LogP contribution >= 0.6 is 0 Å². The molecule has 0 aliphatic rings. The molecule has 2 amide bonds. The van der Waals surface area contributed by atoms with Crippen molar-refractivity contribution in [3.63, 3.8) is 0 Å². The molecule has 0 atom stereocenters. The van der Waals surface area contributed by atoms with E-state index in [1.165, 1.54) is 0 Å². The Bertz CT molecular complexity index is 1390. The molecule has 0 saturated carbocycles. The lowest BCUT2D eigenvalue weighted by molar-refractivity contribution is 0.206. The molecule has 1 heterocycles. The minimum absolute atomic E-state index is 0.160. The number of ether oxygens (including phenoxy) is 1. The average Bonchev–Trinajstić information content (AvgIpc) is 2.81. The summed E-state index contributed by atoms with van der Waals surface area (Å²) in [4.78, 5) is 31.0. The van der Waals surface area contributed by atoms with Crippen LogP contribution in [0.4, 0.5) is 10.5 Å². The molecule has 0 bridgehead atoms. The van der Waals surface area contributed by atoms with E-state index in [-0.39, 0.29) is 18.1 Å². The van der Waals surface area contributed by atoms with Gasteiger partial charge in [0.1, 0.15) is 5.75 Å². The zero-order valence-electron chi connectivity index (χ0n) is 19.9. The predicted octanol–water partition coefficient (Wildman–Crippen LogP) is 5.70. The first-order valence-electron chi connectivity index (χ1n) is 11.2. The highest BCUT2D eigenvalue weighted by Crippen LogP contribution is 2.24. The number of rotatable bonds is 6. The Morgan fingerprint density at radius 3 is 2.41 bits per heavy atom. The van der Waals surface area contributed by atoms with Gasteiger partial charge in [-0.3, -0.25) is 4.79 Å². The Labute approximate surface area is 199 Å². The van der Waals surface area contributed by atoms with Crippen LogP contribution < -0.4 is 15.6 Å². The number of aryl methyl sites for hydroxylation is 3. The number of nitrogens with one attached hydrogen (secondary N) is 2. The van der Waals surface area contributed by atoms with Gasteiger partial charge in [0.25, 0.3) is 5.56 Å². The first-order valence-corrected chi connectivity index (χ1v) is 11.2. The minimum Gasteiger partial charge on any atom is -0.495 e. The van der Waals surface area contributed by atoms with Gasteiger partial charge in [0.15, 0.2) is 0 Å². The number of aromatic amines is 1. The van der Waals surface area contributed by atoms with Crippen LogP contribution in [0.1, 0.15) is 27.8 Å². The van der Waals surface area contributed by atoms with E-state index in [1.54, 1.807) is 24.1 Å². The van der Waals surface area contributed by atoms with Crippen LogP contribution in [0.2, 0.25) is 0 Å². The van der Waals surface area contributed by atoms with Gasteiger partial charge in [-0.2, -0.15) is 0 Å². The van der Waals surface area contributed by atoms with Gasteiger partial charge in [0.05, 0.1) is 19.3 Å². The summed E-state index contributed by atoms with van der Waals surface area (Å²) >= 11 is 0. The fraction of sp³-hybridized carbons (Fsp3) is 0.214. The van der Waals surface area contributed by atoms with Crippen LogP contribution in [0.3, 0.4) is 0 Å². The van der Waals surface area contributed by atoms with Gasteiger partial charge in [-0.25, -0.2) is 4.79 Å². The predicted molar refractivity (Wildman–Crippen MR) is 136 cm³/mol. The number of methoxy groups -OCH3 is 1. The second-order valence-corrected chi connectivity index (χ2v) is 8.64. The number of H-pyrrole nitrogens is 1. The number of fused-ring (bicyclic) bond motifs is 1. The second kappa shape index (κ2) is 9.83. The van der Waals surface area contributed by atoms with Crippen LogP contribution in [0.25, 0.3) is 10.9 Å². The van der Waals surface area contributed by atoms with Crippen molar-refractivity contribution in [2.75, 3.05) is 12.4 Å². The smallest absolute Gasteiger partial charge is 0.322 e. The van der Waals surface area contributed by atoms with Crippen molar-refractivity contribution in [2.45, 2.75) is 33.9 Å². The third-order valence-corrected chi connectivity index (χ3v) is 5.88. The Kier molecular flexibility index (Phi) is 6.68. The summed E-state index contributed by atoms with van der Waals surface area (Å²) in [7, 11) is 1.56. The topological polar surface area (TPSA) is 74.4 Å².